The number of carbonyl (C=O) groups is 1. The summed E-state index contributed by atoms with van der Waals surface area (Å²) in [5.74, 6) is 1.02. The monoisotopic (exact) mass is 508 g/mol. The van der Waals surface area contributed by atoms with Gasteiger partial charge in [-0.1, -0.05) is 41.4 Å². The van der Waals surface area contributed by atoms with Crippen LogP contribution in [0.5, 0.6) is 0 Å². The fraction of sp³-hybridized carbons (Fsp3) is 0.381. The third-order valence-corrected chi connectivity index (χ3v) is 6.95. The molecule has 32 heavy (non-hydrogen) atoms. The maximum atomic E-state index is 13.1. The first-order valence-electron chi connectivity index (χ1n) is 9.62. The minimum absolute atomic E-state index is 0.284. The minimum Gasteiger partial charge on any atom is -0.354 e. The van der Waals surface area contributed by atoms with Gasteiger partial charge in [0, 0.05) is 12.3 Å². The number of amides is 1. The Morgan fingerprint density at radius 2 is 1.91 bits per heavy atom. The number of hydrogen-bond acceptors (Lipinski definition) is 4. The highest BCUT2D eigenvalue weighted by atomic mass is 35.5. The molecular formula is C21H24ClF3N2O3S2. The molecule has 0 aliphatic carbocycles. The number of anilines is 1. The molecular weight excluding hydrogens is 485 g/mol. The van der Waals surface area contributed by atoms with Gasteiger partial charge in [0.2, 0.25) is 15.9 Å². The summed E-state index contributed by atoms with van der Waals surface area (Å²) in [6.45, 7) is 1.72. The summed E-state index contributed by atoms with van der Waals surface area (Å²) >= 11 is 7.30. The Kier molecular flexibility index (Phi) is 9.29. The Morgan fingerprint density at radius 1 is 1.19 bits per heavy atom. The predicted octanol–water partition coefficient (Wildman–Crippen LogP) is 4.87. The van der Waals surface area contributed by atoms with Crippen molar-refractivity contribution in [3.05, 3.63) is 64.2 Å². The highest BCUT2D eigenvalue weighted by molar-refractivity contribution is 7.98. The van der Waals surface area contributed by atoms with Gasteiger partial charge >= 0.3 is 6.18 Å². The van der Waals surface area contributed by atoms with E-state index in [0.29, 0.717) is 23.3 Å². The second-order valence-corrected chi connectivity index (χ2v) is 10.6. The summed E-state index contributed by atoms with van der Waals surface area (Å²) in [6, 6.07) is 10.9. The summed E-state index contributed by atoms with van der Waals surface area (Å²) in [7, 11) is -4.00. The molecule has 0 aliphatic rings. The lowest BCUT2D eigenvalue weighted by Gasteiger charge is -2.23. The van der Waals surface area contributed by atoms with Crippen molar-refractivity contribution in [2.24, 2.45) is 0 Å². The van der Waals surface area contributed by atoms with Crippen molar-refractivity contribution >= 4 is 45.0 Å². The number of sulfonamides is 1. The number of aryl methyl sites for hydroxylation is 1. The maximum absolute atomic E-state index is 13.1. The Labute approximate surface area is 195 Å². The van der Waals surface area contributed by atoms with E-state index in [0.717, 1.165) is 29.9 Å². The first-order chi connectivity index (χ1) is 14.9. The molecule has 0 aliphatic heterocycles. The van der Waals surface area contributed by atoms with Crippen LogP contribution in [0.2, 0.25) is 5.02 Å². The number of nitrogens with one attached hydrogen (secondary N) is 1. The molecule has 11 heteroatoms. The molecule has 0 radical (unpaired) electrons. The molecule has 1 N–H and O–H groups in total. The van der Waals surface area contributed by atoms with Crippen molar-refractivity contribution in [2.45, 2.75) is 25.3 Å². The van der Waals surface area contributed by atoms with Crippen molar-refractivity contribution in [2.75, 3.05) is 29.4 Å². The lowest BCUT2D eigenvalue weighted by atomic mass is 10.2. The number of halogens is 4. The van der Waals surface area contributed by atoms with Crippen molar-refractivity contribution in [3.8, 4) is 0 Å². The van der Waals surface area contributed by atoms with Crippen LogP contribution >= 0.6 is 23.4 Å². The zero-order valence-corrected chi connectivity index (χ0v) is 20.0. The van der Waals surface area contributed by atoms with Crippen LogP contribution in [0.4, 0.5) is 18.9 Å². The van der Waals surface area contributed by atoms with E-state index in [2.05, 4.69) is 11.4 Å². The van der Waals surface area contributed by atoms with Crippen molar-refractivity contribution in [1.82, 2.24) is 5.32 Å². The van der Waals surface area contributed by atoms with E-state index in [4.69, 9.17) is 11.6 Å². The molecule has 0 unspecified atom stereocenters. The van der Waals surface area contributed by atoms with Gasteiger partial charge in [-0.25, -0.2) is 8.42 Å². The molecule has 0 spiro atoms. The van der Waals surface area contributed by atoms with Crippen molar-refractivity contribution in [1.29, 1.82) is 0 Å². The number of rotatable bonds is 10. The molecule has 2 rings (SSSR count). The van der Waals surface area contributed by atoms with Gasteiger partial charge in [-0.05, 0) is 42.9 Å². The number of benzene rings is 2. The van der Waals surface area contributed by atoms with Gasteiger partial charge in [-0.15, -0.1) is 0 Å². The van der Waals surface area contributed by atoms with Crippen LogP contribution in [-0.4, -0.2) is 39.4 Å². The number of nitrogens with zero attached hydrogens (tertiary/aromatic N) is 1. The number of carbonyl (C=O) groups excluding carboxylic acids is 1. The molecule has 0 saturated heterocycles. The number of alkyl halides is 3. The van der Waals surface area contributed by atoms with Crippen LogP contribution in [0.1, 0.15) is 23.1 Å². The summed E-state index contributed by atoms with van der Waals surface area (Å²) in [5.41, 5.74) is 0.947. The van der Waals surface area contributed by atoms with Crippen LogP contribution in [0.15, 0.2) is 42.5 Å². The lowest BCUT2D eigenvalue weighted by Crippen LogP contribution is -2.40. The lowest BCUT2D eigenvalue weighted by molar-refractivity contribution is -0.137. The molecule has 2 aromatic carbocycles. The topological polar surface area (TPSA) is 66.5 Å². The third kappa shape index (κ3) is 8.22. The van der Waals surface area contributed by atoms with Gasteiger partial charge in [0.15, 0.2) is 0 Å². The van der Waals surface area contributed by atoms with E-state index in [1.54, 1.807) is 11.8 Å². The van der Waals surface area contributed by atoms with E-state index >= 15 is 0 Å². The van der Waals surface area contributed by atoms with E-state index in [1.165, 1.54) is 11.1 Å². The van der Waals surface area contributed by atoms with E-state index in [9.17, 15) is 26.4 Å². The van der Waals surface area contributed by atoms with Crippen LogP contribution in [0.3, 0.4) is 0 Å². The molecule has 0 saturated carbocycles. The normalized spacial score (nSPS) is 11.9. The van der Waals surface area contributed by atoms with Gasteiger partial charge in [0.05, 0.1) is 22.5 Å². The fourth-order valence-electron chi connectivity index (χ4n) is 2.87. The molecule has 5 nitrogen and oxygen atoms in total. The molecule has 176 valence electrons. The first-order valence-corrected chi connectivity index (χ1v) is 13.0. The molecule has 0 heterocycles. The highest BCUT2D eigenvalue weighted by Gasteiger charge is 2.34. The largest absolute Gasteiger partial charge is 0.417 e. The second kappa shape index (κ2) is 11.3. The van der Waals surface area contributed by atoms with E-state index < -0.39 is 39.2 Å². The molecule has 0 bridgehead atoms. The zero-order chi connectivity index (χ0) is 23.9. The summed E-state index contributed by atoms with van der Waals surface area (Å²) < 4.78 is 64.2. The number of hydrogen-bond donors (Lipinski definition) is 1. The average molecular weight is 509 g/mol. The minimum atomic E-state index is -4.76. The van der Waals surface area contributed by atoms with Gasteiger partial charge < -0.3 is 5.32 Å². The van der Waals surface area contributed by atoms with Gasteiger partial charge in [-0.2, -0.15) is 24.9 Å². The predicted molar refractivity (Wildman–Crippen MR) is 124 cm³/mol. The Balaban J connectivity index is 1.90. The van der Waals surface area contributed by atoms with Crippen LogP contribution in [0, 0.1) is 6.92 Å². The molecule has 0 fully saturated rings. The van der Waals surface area contributed by atoms with Crippen molar-refractivity contribution in [3.63, 3.8) is 0 Å². The molecule has 0 aromatic heterocycles. The van der Waals surface area contributed by atoms with E-state index in [-0.39, 0.29) is 5.69 Å². The SMILES string of the molecule is Cc1cccc(CSCCCNC(=O)CN(c2ccc(Cl)c(C(F)(F)F)c2)S(C)(=O)=O)c1. The Hall–Kier alpha value is -1.91. The third-order valence-electron chi connectivity index (χ3n) is 4.37. The van der Waals surface area contributed by atoms with Crippen LogP contribution in [0.25, 0.3) is 0 Å². The smallest absolute Gasteiger partial charge is 0.354 e. The standard InChI is InChI=1S/C21H24ClF3N2O3S2/c1-15-5-3-6-16(11-15)14-31-10-4-9-26-20(28)13-27(32(2,29)30)17-7-8-19(22)18(12-17)21(23,24)25/h3,5-8,11-12H,4,9-10,13-14H2,1-2H3,(H,26,28). The van der Waals surface area contributed by atoms with Gasteiger partial charge in [-0.3, -0.25) is 9.10 Å². The van der Waals surface area contributed by atoms with Gasteiger partial charge in [0.1, 0.15) is 6.54 Å². The maximum Gasteiger partial charge on any atom is 0.417 e. The first kappa shape index (κ1) is 26.3. The van der Waals surface area contributed by atoms with Crippen LogP contribution in [-0.2, 0) is 26.7 Å². The van der Waals surface area contributed by atoms with E-state index in [1.807, 2.05) is 25.1 Å². The second-order valence-electron chi connectivity index (χ2n) is 7.18. The summed E-state index contributed by atoms with van der Waals surface area (Å²) in [6.07, 6.45) is -3.26. The van der Waals surface area contributed by atoms with Crippen LogP contribution < -0.4 is 9.62 Å². The van der Waals surface area contributed by atoms with Gasteiger partial charge in [0.25, 0.3) is 0 Å². The quantitative estimate of drug-likeness (QED) is 0.465. The molecule has 1 amide bonds. The Bertz CT molecular complexity index is 1050. The average Bonchev–Trinajstić information content (AvgIpc) is 2.68. The number of thioether (sulfide) groups is 1. The molecule has 2 aromatic rings. The summed E-state index contributed by atoms with van der Waals surface area (Å²) in [5, 5.41) is 2.06. The highest BCUT2D eigenvalue weighted by Crippen LogP contribution is 2.37. The fourth-order valence-corrected chi connectivity index (χ4v) is 4.85. The Morgan fingerprint density at radius 3 is 2.53 bits per heavy atom. The molecule has 0 atom stereocenters. The van der Waals surface area contributed by atoms with Crippen molar-refractivity contribution < 1.29 is 26.4 Å². The zero-order valence-electron chi connectivity index (χ0n) is 17.6. The summed E-state index contributed by atoms with van der Waals surface area (Å²) in [4.78, 5) is 12.2.